The lowest BCUT2D eigenvalue weighted by Gasteiger charge is -2.30. The largest absolute Gasteiger partial charge is 0.504 e. The second kappa shape index (κ2) is 9.25. The number of carbonyl (C=O) groups excluding carboxylic acids is 1. The van der Waals surface area contributed by atoms with E-state index in [1.54, 1.807) is 26.4 Å². The summed E-state index contributed by atoms with van der Waals surface area (Å²) < 4.78 is 16.1. The number of rotatable bonds is 5. The van der Waals surface area contributed by atoms with Crippen molar-refractivity contribution in [1.82, 2.24) is 0 Å². The standard InChI is InChI=1S/C28H28N2O5/c1-33-24-10-9-17(13-22(24)31)28-27-21(29-19-6-4-5-7-20(19)30-28)12-18(14-23(27)32)16-8-11-25(34-2)26(15-16)35-3/h4-11,13,15,18,28-31H,12,14H2,1-3H3/t18-,28-/m0/s1. The van der Waals surface area contributed by atoms with E-state index in [1.165, 1.54) is 7.11 Å². The SMILES string of the molecule is COc1ccc([C@@H]2Nc3ccccc3NC3=C2C(=O)C[C@@H](c2ccc(OC)c(OC)c2)C3)cc1O. The van der Waals surface area contributed by atoms with Gasteiger partial charge in [-0.15, -0.1) is 0 Å². The number of phenols is 1. The van der Waals surface area contributed by atoms with Crippen molar-refractivity contribution in [2.45, 2.75) is 24.8 Å². The average Bonchev–Trinajstić information content (AvgIpc) is 3.05. The molecule has 0 spiro atoms. The second-order valence-corrected chi connectivity index (χ2v) is 8.71. The average molecular weight is 473 g/mol. The Kier molecular flexibility index (Phi) is 5.99. The molecule has 1 aliphatic carbocycles. The summed E-state index contributed by atoms with van der Waals surface area (Å²) in [5.74, 6) is 1.76. The van der Waals surface area contributed by atoms with Crippen molar-refractivity contribution in [3.8, 4) is 23.0 Å². The van der Waals surface area contributed by atoms with Crippen molar-refractivity contribution in [3.05, 3.63) is 83.1 Å². The maximum atomic E-state index is 13.7. The number of para-hydroxylation sites is 2. The highest BCUT2D eigenvalue weighted by atomic mass is 16.5. The molecule has 3 N–H and O–H groups in total. The van der Waals surface area contributed by atoms with E-state index in [2.05, 4.69) is 10.6 Å². The minimum absolute atomic E-state index is 0.0104. The van der Waals surface area contributed by atoms with Gasteiger partial charge in [-0.1, -0.05) is 24.3 Å². The third-order valence-corrected chi connectivity index (χ3v) is 6.72. The number of aromatic hydroxyl groups is 1. The Hall–Kier alpha value is -4.13. The van der Waals surface area contributed by atoms with Crippen LogP contribution in [0.5, 0.6) is 23.0 Å². The first-order valence-electron chi connectivity index (χ1n) is 11.5. The van der Waals surface area contributed by atoms with E-state index in [0.29, 0.717) is 35.7 Å². The number of hydrogen-bond acceptors (Lipinski definition) is 7. The van der Waals surface area contributed by atoms with Crippen LogP contribution in [0, 0.1) is 0 Å². The summed E-state index contributed by atoms with van der Waals surface area (Å²) in [4.78, 5) is 13.7. The lowest BCUT2D eigenvalue weighted by molar-refractivity contribution is -0.116. The molecule has 180 valence electrons. The van der Waals surface area contributed by atoms with Crippen molar-refractivity contribution in [2.24, 2.45) is 0 Å². The van der Waals surface area contributed by atoms with Gasteiger partial charge in [0.05, 0.1) is 38.7 Å². The van der Waals surface area contributed by atoms with Crippen LogP contribution in [-0.2, 0) is 4.79 Å². The van der Waals surface area contributed by atoms with Gasteiger partial charge in [0.1, 0.15) is 0 Å². The molecular weight excluding hydrogens is 444 g/mol. The molecule has 0 saturated heterocycles. The zero-order chi connectivity index (χ0) is 24.5. The molecule has 1 aliphatic heterocycles. The molecule has 5 rings (SSSR count). The summed E-state index contributed by atoms with van der Waals surface area (Å²) in [7, 11) is 4.73. The second-order valence-electron chi connectivity index (χ2n) is 8.71. The Bertz CT molecular complexity index is 1320. The van der Waals surface area contributed by atoms with Crippen molar-refractivity contribution in [1.29, 1.82) is 0 Å². The topological polar surface area (TPSA) is 89.1 Å². The summed E-state index contributed by atoms with van der Waals surface area (Å²) >= 11 is 0. The molecule has 2 atom stereocenters. The van der Waals surface area contributed by atoms with E-state index in [0.717, 1.165) is 28.2 Å². The number of benzene rings is 3. The van der Waals surface area contributed by atoms with Gasteiger partial charge in [0.15, 0.2) is 28.8 Å². The fourth-order valence-corrected chi connectivity index (χ4v) is 4.97. The Labute approximate surface area is 204 Å². The zero-order valence-electron chi connectivity index (χ0n) is 19.9. The van der Waals surface area contributed by atoms with Crippen LogP contribution in [0.2, 0.25) is 0 Å². The molecule has 7 nitrogen and oxygen atoms in total. The van der Waals surface area contributed by atoms with Crippen molar-refractivity contribution in [3.63, 3.8) is 0 Å². The molecule has 1 heterocycles. The summed E-state index contributed by atoms with van der Waals surface area (Å²) in [5, 5.41) is 17.5. The Morgan fingerprint density at radius 3 is 2.20 bits per heavy atom. The minimum Gasteiger partial charge on any atom is -0.504 e. The number of fused-ring (bicyclic) bond motifs is 1. The Balaban J connectivity index is 1.58. The lowest BCUT2D eigenvalue weighted by atomic mass is 9.78. The van der Waals surface area contributed by atoms with E-state index in [4.69, 9.17) is 14.2 Å². The van der Waals surface area contributed by atoms with E-state index >= 15 is 0 Å². The number of Topliss-reactive ketones (excluding diaryl/α,β-unsaturated/α-hetero) is 1. The van der Waals surface area contributed by atoms with Gasteiger partial charge in [0.25, 0.3) is 0 Å². The van der Waals surface area contributed by atoms with Crippen molar-refractivity contribution >= 4 is 17.2 Å². The number of anilines is 2. The number of phenolic OH excluding ortho intramolecular Hbond substituents is 1. The van der Waals surface area contributed by atoms with Crippen LogP contribution in [0.15, 0.2) is 71.9 Å². The quantitative estimate of drug-likeness (QED) is 0.458. The Morgan fingerprint density at radius 1 is 0.800 bits per heavy atom. The molecule has 7 heteroatoms. The predicted molar refractivity (Wildman–Crippen MR) is 135 cm³/mol. The van der Waals surface area contributed by atoms with Gasteiger partial charge in [0, 0.05) is 17.7 Å². The number of ether oxygens (including phenoxy) is 3. The van der Waals surface area contributed by atoms with Gasteiger partial charge in [-0.2, -0.15) is 0 Å². The summed E-state index contributed by atoms with van der Waals surface area (Å²) in [6, 6.07) is 18.5. The maximum Gasteiger partial charge on any atom is 0.163 e. The van der Waals surface area contributed by atoms with Gasteiger partial charge in [-0.25, -0.2) is 0 Å². The van der Waals surface area contributed by atoms with Gasteiger partial charge >= 0.3 is 0 Å². The molecule has 2 aliphatic rings. The molecule has 0 radical (unpaired) electrons. The van der Waals surface area contributed by atoms with Gasteiger partial charge < -0.3 is 30.0 Å². The van der Waals surface area contributed by atoms with Crippen molar-refractivity contribution < 1.29 is 24.1 Å². The fraction of sp³-hybridized carbons (Fsp3) is 0.250. The van der Waals surface area contributed by atoms with Crippen LogP contribution in [0.4, 0.5) is 11.4 Å². The molecule has 0 amide bonds. The van der Waals surface area contributed by atoms with E-state index in [1.807, 2.05) is 48.5 Å². The number of carbonyl (C=O) groups is 1. The number of hydrogen-bond donors (Lipinski definition) is 3. The number of allylic oxidation sites excluding steroid dienone is 1. The van der Waals surface area contributed by atoms with Gasteiger partial charge in [-0.3, -0.25) is 4.79 Å². The van der Waals surface area contributed by atoms with Crippen molar-refractivity contribution in [2.75, 3.05) is 32.0 Å². The molecule has 0 saturated carbocycles. The monoisotopic (exact) mass is 472 g/mol. The van der Waals surface area contributed by atoms with Crippen LogP contribution in [-0.4, -0.2) is 32.2 Å². The van der Waals surface area contributed by atoms with Crippen LogP contribution < -0.4 is 24.8 Å². The van der Waals surface area contributed by atoms with Gasteiger partial charge in [-0.05, 0) is 59.9 Å². The van der Waals surface area contributed by atoms with E-state index < -0.39 is 6.04 Å². The van der Waals surface area contributed by atoms with Crippen LogP contribution in [0.1, 0.15) is 35.9 Å². The van der Waals surface area contributed by atoms with Gasteiger partial charge in [0.2, 0.25) is 0 Å². The maximum absolute atomic E-state index is 13.7. The molecule has 0 aromatic heterocycles. The summed E-state index contributed by atoms with van der Waals surface area (Å²) in [6.07, 6.45) is 1.03. The molecule has 0 unspecified atom stereocenters. The first kappa shape index (κ1) is 22.7. The first-order chi connectivity index (χ1) is 17.0. The smallest absolute Gasteiger partial charge is 0.163 e. The number of ketones is 1. The van der Waals surface area contributed by atoms with Crippen LogP contribution in [0.25, 0.3) is 0 Å². The molecule has 0 bridgehead atoms. The highest BCUT2D eigenvalue weighted by Crippen LogP contribution is 2.46. The third-order valence-electron chi connectivity index (χ3n) is 6.72. The number of nitrogens with one attached hydrogen (secondary N) is 2. The fourth-order valence-electron chi connectivity index (χ4n) is 4.97. The van der Waals surface area contributed by atoms with E-state index in [9.17, 15) is 9.90 Å². The van der Waals surface area contributed by atoms with Crippen LogP contribution >= 0.6 is 0 Å². The first-order valence-corrected chi connectivity index (χ1v) is 11.5. The third kappa shape index (κ3) is 4.14. The summed E-state index contributed by atoms with van der Waals surface area (Å²) in [5.41, 5.74) is 5.15. The molecule has 35 heavy (non-hydrogen) atoms. The normalized spacial score (nSPS) is 19.0. The highest BCUT2D eigenvalue weighted by molar-refractivity contribution is 6.01. The number of methoxy groups -OCH3 is 3. The molecular formula is C28H28N2O5. The molecule has 0 fully saturated rings. The Morgan fingerprint density at radius 2 is 1.49 bits per heavy atom. The minimum atomic E-state index is -0.420. The van der Waals surface area contributed by atoms with Crippen LogP contribution in [0.3, 0.4) is 0 Å². The van der Waals surface area contributed by atoms with E-state index in [-0.39, 0.29) is 17.5 Å². The zero-order valence-corrected chi connectivity index (χ0v) is 19.9. The lowest BCUT2D eigenvalue weighted by Crippen LogP contribution is -2.26. The highest BCUT2D eigenvalue weighted by Gasteiger charge is 2.36. The predicted octanol–water partition coefficient (Wildman–Crippen LogP) is 5.40. The summed E-state index contributed by atoms with van der Waals surface area (Å²) in [6.45, 7) is 0. The molecule has 3 aromatic carbocycles. The molecule has 3 aromatic rings.